The highest BCUT2D eigenvalue weighted by molar-refractivity contribution is 5.77. The molecule has 1 aromatic rings. The summed E-state index contributed by atoms with van der Waals surface area (Å²) in [6.07, 6.45) is 0.551. The first kappa shape index (κ1) is 13.9. The molecule has 0 radical (unpaired) electrons. The van der Waals surface area contributed by atoms with Crippen LogP contribution in [0, 0.1) is 0 Å². The molecule has 1 heterocycles. The molecule has 0 spiro atoms. The van der Waals surface area contributed by atoms with Crippen LogP contribution in [-0.4, -0.2) is 40.7 Å². The Labute approximate surface area is 114 Å². The molecule has 2 rings (SSSR count). The normalized spacial score (nSPS) is 21.4. The molecule has 1 atom stereocenters. The third kappa shape index (κ3) is 3.07. The highest BCUT2D eigenvalue weighted by atomic mass is 16.5. The van der Waals surface area contributed by atoms with Crippen molar-refractivity contribution in [2.24, 2.45) is 0 Å². The van der Waals surface area contributed by atoms with Crippen molar-refractivity contribution in [1.29, 1.82) is 0 Å². The molecule has 0 aliphatic carbocycles. The molecule has 1 aliphatic rings. The quantitative estimate of drug-likeness (QED) is 0.901. The van der Waals surface area contributed by atoms with Crippen molar-refractivity contribution in [3.63, 3.8) is 0 Å². The second kappa shape index (κ2) is 5.61. The van der Waals surface area contributed by atoms with Crippen molar-refractivity contribution >= 4 is 5.91 Å². The number of aliphatic hydroxyl groups excluding tert-OH is 1. The van der Waals surface area contributed by atoms with E-state index in [9.17, 15) is 9.90 Å². The number of hydrogen-bond donors (Lipinski definition) is 1. The van der Waals surface area contributed by atoms with E-state index in [0.717, 1.165) is 5.75 Å². The first-order valence-electron chi connectivity index (χ1n) is 6.68. The van der Waals surface area contributed by atoms with Gasteiger partial charge >= 0.3 is 0 Å². The molecule has 0 bridgehead atoms. The molecule has 1 fully saturated rings. The number of amides is 1. The summed E-state index contributed by atoms with van der Waals surface area (Å²) in [5.41, 5.74) is -0.468. The van der Waals surface area contributed by atoms with Gasteiger partial charge in [-0.1, -0.05) is 18.2 Å². The Bertz CT molecular complexity index is 430. The van der Waals surface area contributed by atoms with Crippen LogP contribution in [-0.2, 0) is 4.79 Å². The van der Waals surface area contributed by atoms with Gasteiger partial charge in [0.1, 0.15) is 5.75 Å². The van der Waals surface area contributed by atoms with Gasteiger partial charge in [0.2, 0.25) is 5.91 Å². The molecule has 1 saturated heterocycles. The Kier molecular flexibility index (Phi) is 4.10. The summed E-state index contributed by atoms with van der Waals surface area (Å²) in [4.78, 5) is 13.9. The van der Waals surface area contributed by atoms with Crippen LogP contribution in [0.15, 0.2) is 30.3 Å². The molecule has 1 aliphatic heterocycles. The number of ether oxygens (including phenoxy) is 1. The fraction of sp³-hybridized carbons (Fsp3) is 0.533. The van der Waals surface area contributed by atoms with E-state index >= 15 is 0 Å². The Morgan fingerprint density at radius 1 is 1.42 bits per heavy atom. The zero-order valence-electron chi connectivity index (χ0n) is 11.5. The van der Waals surface area contributed by atoms with Crippen molar-refractivity contribution in [2.75, 3.05) is 13.2 Å². The number of para-hydroxylation sites is 1. The summed E-state index contributed by atoms with van der Waals surface area (Å²) < 4.78 is 5.52. The first-order valence-corrected chi connectivity index (χ1v) is 6.68. The first-order chi connectivity index (χ1) is 9.01. The lowest BCUT2D eigenvalue weighted by Crippen LogP contribution is -2.48. The summed E-state index contributed by atoms with van der Waals surface area (Å²) >= 11 is 0. The molecule has 0 saturated carbocycles. The molecule has 1 N–H and O–H groups in total. The highest BCUT2D eigenvalue weighted by Crippen LogP contribution is 2.29. The summed E-state index contributed by atoms with van der Waals surface area (Å²) in [5.74, 6) is 0.813. The number of nitrogens with zero attached hydrogens (tertiary/aromatic N) is 1. The summed E-state index contributed by atoms with van der Waals surface area (Å²) in [7, 11) is 0. The van der Waals surface area contributed by atoms with E-state index in [1.54, 1.807) is 4.90 Å². The van der Waals surface area contributed by atoms with E-state index in [4.69, 9.17) is 4.74 Å². The Hall–Kier alpha value is -1.55. The maximum absolute atomic E-state index is 12.1. The lowest BCUT2D eigenvalue weighted by molar-refractivity contribution is -0.136. The van der Waals surface area contributed by atoms with Gasteiger partial charge < -0.3 is 14.7 Å². The Balaban J connectivity index is 1.82. The lowest BCUT2D eigenvalue weighted by Gasteiger charge is -2.33. The molecule has 4 nitrogen and oxygen atoms in total. The van der Waals surface area contributed by atoms with Crippen LogP contribution in [0.1, 0.15) is 26.7 Å². The van der Waals surface area contributed by atoms with Crippen LogP contribution < -0.4 is 4.74 Å². The van der Waals surface area contributed by atoms with Crippen molar-refractivity contribution in [3.8, 4) is 5.75 Å². The number of benzene rings is 1. The predicted molar refractivity (Wildman–Crippen MR) is 73.0 cm³/mol. The topological polar surface area (TPSA) is 49.8 Å². The lowest BCUT2D eigenvalue weighted by atomic mass is 9.98. The third-order valence-corrected chi connectivity index (χ3v) is 3.77. The molecule has 1 aromatic carbocycles. The maximum Gasteiger partial charge on any atom is 0.226 e. The number of carbonyl (C=O) groups excluding carboxylic acids is 1. The SMILES string of the molecule is CC1(C)C(O)CCN1C(=O)CCOc1ccccc1. The summed E-state index contributed by atoms with van der Waals surface area (Å²) in [6, 6.07) is 9.46. The van der Waals surface area contributed by atoms with Gasteiger partial charge in [-0.15, -0.1) is 0 Å². The van der Waals surface area contributed by atoms with Crippen molar-refractivity contribution in [1.82, 2.24) is 4.90 Å². The van der Waals surface area contributed by atoms with E-state index in [1.807, 2.05) is 44.2 Å². The van der Waals surface area contributed by atoms with Crippen LogP contribution in [0.4, 0.5) is 0 Å². The van der Waals surface area contributed by atoms with Gasteiger partial charge in [-0.3, -0.25) is 4.79 Å². The van der Waals surface area contributed by atoms with Crippen LogP contribution >= 0.6 is 0 Å². The average Bonchev–Trinajstić information content (AvgIpc) is 2.65. The van der Waals surface area contributed by atoms with Crippen LogP contribution in [0.5, 0.6) is 5.75 Å². The van der Waals surface area contributed by atoms with Crippen molar-refractivity contribution in [3.05, 3.63) is 30.3 Å². The molecular formula is C15H21NO3. The predicted octanol–water partition coefficient (Wildman–Crippen LogP) is 1.83. The van der Waals surface area contributed by atoms with Gasteiger partial charge in [0.15, 0.2) is 0 Å². The minimum Gasteiger partial charge on any atom is -0.493 e. The summed E-state index contributed by atoms with van der Waals surface area (Å²) in [5, 5.41) is 9.85. The summed E-state index contributed by atoms with van der Waals surface area (Å²) in [6.45, 7) is 4.80. The molecule has 1 amide bonds. The molecule has 19 heavy (non-hydrogen) atoms. The van der Waals surface area contributed by atoms with E-state index in [2.05, 4.69) is 0 Å². The van der Waals surface area contributed by atoms with Gasteiger partial charge in [0.25, 0.3) is 0 Å². The highest BCUT2D eigenvalue weighted by Gasteiger charge is 2.42. The minimum atomic E-state index is -0.468. The van der Waals surface area contributed by atoms with Crippen LogP contribution in [0.3, 0.4) is 0 Å². The van der Waals surface area contributed by atoms with Gasteiger partial charge in [-0.2, -0.15) is 0 Å². The Morgan fingerprint density at radius 3 is 2.68 bits per heavy atom. The average molecular weight is 263 g/mol. The molecular weight excluding hydrogens is 242 g/mol. The number of likely N-dealkylation sites (tertiary alicyclic amines) is 1. The van der Waals surface area contributed by atoms with Gasteiger partial charge in [0, 0.05) is 6.54 Å². The van der Waals surface area contributed by atoms with Gasteiger partial charge in [-0.05, 0) is 32.4 Å². The van der Waals surface area contributed by atoms with E-state index in [0.29, 0.717) is 26.0 Å². The second-order valence-electron chi connectivity index (χ2n) is 5.42. The maximum atomic E-state index is 12.1. The fourth-order valence-electron chi connectivity index (χ4n) is 2.43. The van der Waals surface area contributed by atoms with Gasteiger partial charge in [-0.25, -0.2) is 0 Å². The third-order valence-electron chi connectivity index (χ3n) is 3.77. The smallest absolute Gasteiger partial charge is 0.226 e. The number of rotatable bonds is 4. The standard InChI is InChI=1S/C15H21NO3/c1-15(2)13(17)8-10-16(15)14(18)9-11-19-12-6-4-3-5-7-12/h3-7,13,17H,8-11H2,1-2H3. The zero-order chi connectivity index (χ0) is 13.9. The number of hydrogen-bond acceptors (Lipinski definition) is 3. The van der Waals surface area contributed by atoms with Crippen molar-refractivity contribution in [2.45, 2.75) is 38.3 Å². The number of aliphatic hydroxyl groups is 1. The fourth-order valence-corrected chi connectivity index (χ4v) is 2.43. The molecule has 1 unspecified atom stereocenters. The largest absolute Gasteiger partial charge is 0.493 e. The molecule has 0 aromatic heterocycles. The van der Waals surface area contributed by atoms with Crippen molar-refractivity contribution < 1.29 is 14.6 Å². The van der Waals surface area contributed by atoms with E-state index in [-0.39, 0.29) is 5.91 Å². The zero-order valence-corrected chi connectivity index (χ0v) is 11.5. The Morgan fingerprint density at radius 2 is 2.11 bits per heavy atom. The number of carbonyl (C=O) groups is 1. The monoisotopic (exact) mass is 263 g/mol. The van der Waals surface area contributed by atoms with Crippen LogP contribution in [0.25, 0.3) is 0 Å². The molecule has 4 heteroatoms. The second-order valence-corrected chi connectivity index (χ2v) is 5.42. The van der Waals surface area contributed by atoms with E-state index < -0.39 is 11.6 Å². The minimum absolute atomic E-state index is 0.0393. The van der Waals surface area contributed by atoms with Crippen LogP contribution in [0.2, 0.25) is 0 Å². The molecule has 104 valence electrons. The van der Waals surface area contributed by atoms with E-state index in [1.165, 1.54) is 0 Å². The van der Waals surface area contributed by atoms with Gasteiger partial charge in [0.05, 0.1) is 24.7 Å².